The first-order chi connectivity index (χ1) is 17.6. The van der Waals surface area contributed by atoms with Crippen LogP contribution in [0.15, 0.2) is 66.9 Å². The molecule has 3 heterocycles. The number of nitrogens with zero attached hydrogens (tertiary/aromatic N) is 4. The van der Waals surface area contributed by atoms with Crippen molar-refractivity contribution in [3.8, 4) is 5.75 Å². The van der Waals surface area contributed by atoms with E-state index in [9.17, 15) is 9.59 Å². The molecule has 2 fully saturated rings. The van der Waals surface area contributed by atoms with Crippen molar-refractivity contribution in [2.75, 3.05) is 43.5 Å². The maximum absolute atomic E-state index is 12.8. The van der Waals surface area contributed by atoms with Crippen LogP contribution in [0.5, 0.6) is 5.75 Å². The molecule has 5 rings (SSSR count). The van der Waals surface area contributed by atoms with Crippen molar-refractivity contribution in [2.45, 2.75) is 25.2 Å². The minimum atomic E-state index is -0.0701. The fraction of sp³-hybridized carbons (Fsp3) is 0.357. The summed E-state index contributed by atoms with van der Waals surface area (Å²) in [5.41, 5.74) is 2.75. The minimum Gasteiger partial charge on any atom is -0.497 e. The zero-order valence-corrected chi connectivity index (χ0v) is 20.5. The quantitative estimate of drug-likeness (QED) is 0.569. The van der Waals surface area contributed by atoms with E-state index in [4.69, 9.17) is 4.74 Å². The maximum atomic E-state index is 12.8. The average molecular weight is 486 g/mol. The number of ether oxygens (including phenoxy) is 1. The second-order valence-corrected chi connectivity index (χ2v) is 9.42. The number of benzene rings is 2. The number of carbonyl (C=O) groups excluding carboxylic acids is 2. The van der Waals surface area contributed by atoms with Gasteiger partial charge in [0.2, 0.25) is 5.91 Å². The zero-order chi connectivity index (χ0) is 24.9. The number of rotatable bonds is 6. The Morgan fingerprint density at radius 3 is 2.36 bits per heavy atom. The van der Waals surface area contributed by atoms with Gasteiger partial charge in [-0.1, -0.05) is 12.1 Å². The number of anilines is 2. The Balaban J connectivity index is 1.11. The van der Waals surface area contributed by atoms with E-state index in [1.807, 2.05) is 53.4 Å². The maximum Gasteiger partial charge on any atom is 0.253 e. The second kappa shape index (κ2) is 10.8. The van der Waals surface area contributed by atoms with Crippen molar-refractivity contribution in [1.29, 1.82) is 0 Å². The monoisotopic (exact) mass is 485 g/mol. The van der Waals surface area contributed by atoms with Gasteiger partial charge in [-0.15, -0.1) is 5.10 Å². The molecular weight excluding hydrogens is 454 g/mol. The van der Waals surface area contributed by atoms with Crippen LogP contribution in [0.1, 0.15) is 41.1 Å². The number of likely N-dealkylation sites (tertiary alicyclic amines) is 1. The van der Waals surface area contributed by atoms with Crippen LogP contribution in [0.3, 0.4) is 0 Å². The number of piperidine rings is 1. The lowest BCUT2D eigenvalue weighted by atomic mass is 9.89. The first kappa shape index (κ1) is 23.8. The van der Waals surface area contributed by atoms with Crippen LogP contribution < -0.4 is 15.0 Å². The molecule has 8 nitrogen and oxygen atoms in total. The smallest absolute Gasteiger partial charge is 0.253 e. The van der Waals surface area contributed by atoms with Gasteiger partial charge in [-0.25, -0.2) is 0 Å². The molecule has 186 valence electrons. The van der Waals surface area contributed by atoms with E-state index in [-0.39, 0.29) is 17.7 Å². The van der Waals surface area contributed by atoms with Crippen LogP contribution in [0.4, 0.5) is 11.5 Å². The standard InChI is InChI=1S/C28H31N5O3/c1-36-25-10-6-22(7-11-25)28(35)32-16-12-21(13-17-32)20-4-8-24(9-5-20)30-27(34)23-14-18-33(19-23)26-3-2-15-29-31-26/h2-11,15,21,23H,12-14,16-19H2,1H3,(H,30,34). The number of hydrogen-bond acceptors (Lipinski definition) is 6. The van der Waals surface area contributed by atoms with Gasteiger partial charge in [0.25, 0.3) is 5.91 Å². The van der Waals surface area contributed by atoms with E-state index in [1.54, 1.807) is 13.3 Å². The van der Waals surface area contributed by atoms with E-state index < -0.39 is 0 Å². The molecule has 3 aromatic rings. The second-order valence-electron chi connectivity index (χ2n) is 9.42. The molecule has 1 unspecified atom stereocenters. The summed E-state index contributed by atoms with van der Waals surface area (Å²) < 4.78 is 5.18. The molecule has 1 N–H and O–H groups in total. The molecule has 1 atom stereocenters. The summed E-state index contributed by atoms with van der Waals surface area (Å²) in [6, 6.07) is 19.2. The van der Waals surface area contributed by atoms with Crippen LogP contribution in [0, 0.1) is 5.92 Å². The number of amides is 2. The first-order valence-electron chi connectivity index (χ1n) is 12.5. The lowest BCUT2D eigenvalue weighted by Crippen LogP contribution is -2.37. The third-order valence-electron chi connectivity index (χ3n) is 7.21. The lowest BCUT2D eigenvalue weighted by Gasteiger charge is -2.32. The highest BCUT2D eigenvalue weighted by atomic mass is 16.5. The van der Waals surface area contributed by atoms with Crippen molar-refractivity contribution in [3.63, 3.8) is 0 Å². The molecule has 0 saturated carbocycles. The van der Waals surface area contributed by atoms with Gasteiger partial charge in [-0.2, -0.15) is 5.10 Å². The Kier molecular flexibility index (Phi) is 7.11. The molecule has 36 heavy (non-hydrogen) atoms. The molecule has 2 amide bonds. The van der Waals surface area contributed by atoms with Gasteiger partial charge >= 0.3 is 0 Å². The topological polar surface area (TPSA) is 87.7 Å². The Bertz CT molecular complexity index is 1180. The van der Waals surface area contributed by atoms with E-state index >= 15 is 0 Å². The van der Waals surface area contributed by atoms with Crippen LogP contribution >= 0.6 is 0 Å². The van der Waals surface area contributed by atoms with E-state index in [0.29, 0.717) is 18.0 Å². The fourth-order valence-electron chi connectivity index (χ4n) is 5.06. The number of hydrogen-bond donors (Lipinski definition) is 1. The molecule has 2 aliphatic rings. The Labute approximate surface area is 211 Å². The molecule has 1 aromatic heterocycles. The highest BCUT2D eigenvalue weighted by Crippen LogP contribution is 2.30. The molecule has 0 spiro atoms. The highest BCUT2D eigenvalue weighted by Gasteiger charge is 2.29. The van der Waals surface area contributed by atoms with E-state index in [2.05, 4.69) is 32.5 Å². The van der Waals surface area contributed by atoms with Gasteiger partial charge in [0.1, 0.15) is 5.75 Å². The van der Waals surface area contributed by atoms with Crippen LogP contribution in [0.25, 0.3) is 0 Å². The Morgan fingerprint density at radius 1 is 0.944 bits per heavy atom. The molecule has 8 heteroatoms. The van der Waals surface area contributed by atoms with E-state index in [0.717, 1.165) is 56.2 Å². The highest BCUT2D eigenvalue weighted by molar-refractivity contribution is 5.94. The van der Waals surface area contributed by atoms with Crippen molar-refractivity contribution in [2.24, 2.45) is 5.92 Å². The zero-order valence-electron chi connectivity index (χ0n) is 20.5. The van der Waals surface area contributed by atoms with Gasteiger partial charge in [-0.05, 0) is 79.3 Å². The summed E-state index contributed by atoms with van der Waals surface area (Å²) in [6.45, 7) is 2.92. The Hall–Kier alpha value is -3.94. The summed E-state index contributed by atoms with van der Waals surface area (Å²) in [5.74, 6) is 2.01. The minimum absolute atomic E-state index is 0.0412. The lowest BCUT2D eigenvalue weighted by molar-refractivity contribution is -0.119. The third kappa shape index (κ3) is 5.32. The average Bonchev–Trinajstić information content (AvgIpc) is 3.45. The van der Waals surface area contributed by atoms with Gasteiger partial charge < -0.3 is 19.9 Å². The van der Waals surface area contributed by atoms with Gasteiger partial charge in [-0.3, -0.25) is 9.59 Å². The van der Waals surface area contributed by atoms with Crippen molar-refractivity contribution >= 4 is 23.3 Å². The summed E-state index contributed by atoms with van der Waals surface area (Å²) in [6.07, 6.45) is 4.30. The van der Waals surface area contributed by atoms with Gasteiger partial charge in [0, 0.05) is 43.6 Å². The van der Waals surface area contributed by atoms with Crippen LogP contribution in [0.2, 0.25) is 0 Å². The van der Waals surface area contributed by atoms with Crippen molar-refractivity contribution in [1.82, 2.24) is 15.1 Å². The predicted octanol–water partition coefficient (Wildman–Crippen LogP) is 3.97. The first-order valence-corrected chi connectivity index (χ1v) is 12.5. The molecule has 2 aliphatic heterocycles. The molecule has 0 radical (unpaired) electrons. The molecule has 0 bridgehead atoms. The van der Waals surface area contributed by atoms with Gasteiger partial charge in [0.05, 0.1) is 13.0 Å². The molecule has 0 aliphatic carbocycles. The van der Waals surface area contributed by atoms with E-state index in [1.165, 1.54) is 5.56 Å². The summed E-state index contributed by atoms with van der Waals surface area (Å²) in [5, 5.41) is 11.1. The number of nitrogens with one attached hydrogen (secondary N) is 1. The van der Waals surface area contributed by atoms with Crippen LogP contribution in [-0.2, 0) is 4.79 Å². The van der Waals surface area contributed by atoms with Gasteiger partial charge in [0.15, 0.2) is 5.82 Å². The van der Waals surface area contributed by atoms with Crippen molar-refractivity contribution < 1.29 is 14.3 Å². The summed E-state index contributed by atoms with van der Waals surface area (Å²) in [4.78, 5) is 29.7. The SMILES string of the molecule is COc1ccc(C(=O)N2CCC(c3ccc(NC(=O)C4CCN(c5cccnn5)C4)cc3)CC2)cc1. The third-order valence-corrected chi connectivity index (χ3v) is 7.21. The predicted molar refractivity (Wildman–Crippen MR) is 138 cm³/mol. The summed E-state index contributed by atoms with van der Waals surface area (Å²) in [7, 11) is 1.62. The number of aromatic nitrogens is 2. The Morgan fingerprint density at radius 2 is 1.69 bits per heavy atom. The van der Waals surface area contributed by atoms with Crippen molar-refractivity contribution in [3.05, 3.63) is 78.0 Å². The normalized spacial score (nSPS) is 18.2. The summed E-state index contributed by atoms with van der Waals surface area (Å²) >= 11 is 0. The van der Waals surface area contributed by atoms with Crippen LogP contribution in [-0.4, -0.2) is 60.2 Å². The fourth-order valence-corrected chi connectivity index (χ4v) is 5.06. The molecule has 2 saturated heterocycles. The molecule has 2 aromatic carbocycles. The largest absolute Gasteiger partial charge is 0.497 e. The molecular formula is C28H31N5O3. The number of methoxy groups -OCH3 is 1. The number of carbonyl (C=O) groups is 2.